The molecule has 1 N–H and O–H groups in total. The molecule has 0 aromatic heterocycles. The summed E-state index contributed by atoms with van der Waals surface area (Å²) in [5, 5.41) is 3.90. The Hall–Kier alpha value is -1.84. The highest BCUT2D eigenvalue weighted by atomic mass is 35.5. The lowest BCUT2D eigenvalue weighted by Crippen LogP contribution is -2.31. The molecule has 0 aliphatic heterocycles. The lowest BCUT2D eigenvalue weighted by atomic mass is 9.98. The van der Waals surface area contributed by atoms with Gasteiger partial charge in [-0.2, -0.15) is 0 Å². The zero-order valence-electron chi connectivity index (χ0n) is 15.7. The van der Waals surface area contributed by atoms with Crippen LogP contribution < -0.4 is 5.32 Å². The van der Waals surface area contributed by atoms with E-state index in [0.29, 0.717) is 5.02 Å². The number of aryl methyl sites for hydroxylation is 3. The van der Waals surface area contributed by atoms with Gasteiger partial charge in [-0.3, -0.25) is 4.79 Å². The van der Waals surface area contributed by atoms with Crippen molar-refractivity contribution in [3.05, 3.63) is 69.2 Å². The Morgan fingerprint density at radius 1 is 1.04 bits per heavy atom. The van der Waals surface area contributed by atoms with Crippen molar-refractivity contribution in [2.24, 2.45) is 0 Å². The zero-order valence-corrected chi connectivity index (χ0v) is 16.4. The van der Waals surface area contributed by atoms with E-state index in [2.05, 4.69) is 23.2 Å². The van der Waals surface area contributed by atoms with Crippen LogP contribution in [-0.2, 0) is 0 Å². The molecule has 134 valence electrons. The average molecular weight is 359 g/mol. The highest BCUT2D eigenvalue weighted by Gasteiger charge is 2.18. The smallest absolute Gasteiger partial charge is 0.252 e. The van der Waals surface area contributed by atoms with Crippen molar-refractivity contribution in [1.29, 1.82) is 0 Å². The Morgan fingerprint density at radius 2 is 1.64 bits per heavy atom. The van der Waals surface area contributed by atoms with Gasteiger partial charge in [-0.05, 0) is 88.3 Å². The molecule has 0 aliphatic rings. The van der Waals surface area contributed by atoms with Crippen LogP contribution in [0.3, 0.4) is 0 Å². The van der Waals surface area contributed by atoms with E-state index in [-0.39, 0.29) is 11.9 Å². The van der Waals surface area contributed by atoms with Gasteiger partial charge >= 0.3 is 0 Å². The Balaban J connectivity index is 2.24. The van der Waals surface area contributed by atoms with Crippen LogP contribution in [0.5, 0.6) is 0 Å². The van der Waals surface area contributed by atoms with E-state index in [1.165, 1.54) is 5.56 Å². The predicted molar refractivity (Wildman–Crippen MR) is 105 cm³/mol. The number of rotatable bonds is 6. The molecule has 0 fully saturated rings. The number of amides is 1. The molecule has 0 spiro atoms. The van der Waals surface area contributed by atoms with Gasteiger partial charge in [-0.25, -0.2) is 0 Å². The standard InChI is InChI=1S/C21H27ClN2O/c1-14-12-16(3)19(13-15(14)2)21(25)23-20(10-11-24(4)5)17-6-8-18(22)9-7-17/h6-9,12-13,20H,10-11H2,1-5H3,(H,23,25). The van der Waals surface area contributed by atoms with Gasteiger partial charge in [0.15, 0.2) is 0 Å². The minimum absolute atomic E-state index is 0.0284. The number of halogens is 1. The lowest BCUT2D eigenvalue weighted by Gasteiger charge is -2.22. The van der Waals surface area contributed by atoms with E-state index in [9.17, 15) is 4.79 Å². The summed E-state index contributed by atoms with van der Waals surface area (Å²) in [6, 6.07) is 11.7. The van der Waals surface area contributed by atoms with Gasteiger partial charge in [0, 0.05) is 10.6 Å². The van der Waals surface area contributed by atoms with Crippen molar-refractivity contribution < 1.29 is 4.79 Å². The molecule has 25 heavy (non-hydrogen) atoms. The van der Waals surface area contributed by atoms with Gasteiger partial charge in [0.25, 0.3) is 5.91 Å². The number of benzene rings is 2. The predicted octanol–water partition coefficient (Wildman–Crippen LogP) is 4.69. The van der Waals surface area contributed by atoms with Gasteiger partial charge in [-0.15, -0.1) is 0 Å². The summed E-state index contributed by atoms with van der Waals surface area (Å²) in [5.74, 6) is -0.0284. The molecule has 2 aromatic rings. The first-order valence-electron chi connectivity index (χ1n) is 8.57. The quantitative estimate of drug-likeness (QED) is 0.812. The Labute approximate surface area is 156 Å². The van der Waals surface area contributed by atoms with Crippen molar-refractivity contribution >= 4 is 17.5 Å². The third kappa shape index (κ3) is 5.32. The molecule has 0 radical (unpaired) electrons. The topological polar surface area (TPSA) is 32.3 Å². The highest BCUT2D eigenvalue weighted by Crippen LogP contribution is 2.22. The number of carbonyl (C=O) groups is 1. The normalized spacial score (nSPS) is 12.3. The lowest BCUT2D eigenvalue weighted by molar-refractivity contribution is 0.0932. The monoisotopic (exact) mass is 358 g/mol. The van der Waals surface area contributed by atoms with Gasteiger partial charge in [0.2, 0.25) is 0 Å². The molecule has 0 aliphatic carbocycles. The van der Waals surface area contributed by atoms with Crippen LogP contribution in [0.1, 0.15) is 45.1 Å². The molecule has 1 unspecified atom stereocenters. The molecule has 4 heteroatoms. The summed E-state index contributed by atoms with van der Waals surface area (Å²) in [6.07, 6.45) is 0.838. The van der Waals surface area contributed by atoms with Crippen molar-refractivity contribution in [3.63, 3.8) is 0 Å². The fourth-order valence-electron chi connectivity index (χ4n) is 2.85. The van der Waals surface area contributed by atoms with Gasteiger partial charge < -0.3 is 10.2 Å². The second-order valence-corrected chi connectivity index (χ2v) is 7.36. The van der Waals surface area contributed by atoms with Crippen LogP contribution >= 0.6 is 11.6 Å². The fraction of sp³-hybridized carbons (Fsp3) is 0.381. The second kappa shape index (κ2) is 8.50. The van der Waals surface area contributed by atoms with E-state index >= 15 is 0 Å². The summed E-state index contributed by atoms with van der Waals surface area (Å²) in [6.45, 7) is 6.98. The van der Waals surface area contributed by atoms with Crippen LogP contribution in [-0.4, -0.2) is 31.4 Å². The zero-order chi connectivity index (χ0) is 18.6. The second-order valence-electron chi connectivity index (χ2n) is 6.92. The Kier molecular flexibility index (Phi) is 6.63. The first kappa shape index (κ1) is 19.5. The molecule has 1 amide bonds. The van der Waals surface area contributed by atoms with E-state index in [1.807, 2.05) is 58.3 Å². The largest absolute Gasteiger partial charge is 0.345 e. The number of nitrogens with zero attached hydrogens (tertiary/aromatic N) is 1. The maximum atomic E-state index is 12.9. The van der Waals surface area contributed by atoms with E-state index < -0.39 is 0 Å². The first-order chi connectivity index (χ1) is 11.8. The average Bonchev–Trinajstić information content (AvgIpc) is 2.55. The molecule has 3 nitrogen and oxygen atoms in total. The van der Waals surface area contributed by atoms with Crippen LogP contribution in [0.2, 0.25) is 5.02 Å². The molecule has 2 rings (SSSR count). The molecule has 2 aromatic carbocycles. The van der Waals surface area contributed by atoms with Crippen molar-refractivity contribution in [2.45, 2.75) is 33.2 Å². The first-order valence-corrected chi connectivity index (χ1v) is 8.94. The molecule has 0 saturated heterocycles. The summed E-state index contributed by atoms with van der Waals surface area (Å²) >= 11 is 6.00. The van der Waals surface area contributed by atoms with E-state index in [4.69, 9.17) is 11.6 Å². The minimum atomic E-state index is -0.0480. The van der Waals surface area contributed by atoms with Crippen LogP contribution in [0.4, 0.5) is 0 Å². The summed E-state index contributed by atoms with van der Waals surface area (Å²) in [4.78, 5) is 15.0. The minimum Gasteiger partial charge on any atom is -0.345 e. The molecular formula is C21H27ClN2O. The Bertz CT molecular complexity index is 738. The van der Waals surface area contributed by atoms with Crippen LogP contribution in [0.25, 0.3) is 0 Å². The van der Waals surface area contributed by atoms with Crippen LogP contribution in [0.15, 0.2) is 36.4 Å². The van der Waals surface area contributed by atoms with Crippen molar-refractivity contribution in [3.8, 4) is 0 Å². The number of carbonyl (C=O) groups excluding carboxylic acids is 1. The molecule has 0 saturated carbocycles. The van der Waals surface area contributed by atoms with Crippen molar-refractivity contribution in [2.75, 3.05) is 20.6 Å². The number of nitrogens with one attached hydrogen (secondary N) is 1. The van der Waals surface area contributed by atoms with Gasteiger partial charge in [-0.1, -0.05) is 29.8 Å². The van der Waals surface area contributed by atoms with Gasteiger partial charge in [0.1, 0.15) is 0 Å². The summed E-state index contributed by atoms with van der Waals surface area (Å²) in [7, 11) is 4.07. The van der Waals surface area contributed by atoms with Gasteiger partial charge in [0.05, 0.1) is 6.04 Å². The SMILES string of the molecule is Cc1cc(C)c(C(=O)NC(CCN(C)C)c2ccc(Cl)cc2)cc1C. The molecule has 1 atom stereocenters. The summed E-state index contributed by atoms with van der Waals surface area (Å²) < 4.78 is 0. The maximum Gasteiger partial charge on any atom is 0.252 e. The fourth-order valence-corrected chi connectivity index (χ4v) is 2.97. The highest BCUT2D eigenvalue weighted by molar-refractivity contribution is 6.30. The molecular weight excluding hydrogens is 332 g/mol. The number of hydrogen-bond donors (Lipinski definition) is 1. The third-order valence-corrected chi connectivity index (χ3v) is 4.78. The third-order valence-electron chi connectivity index (χ3n) is 4.53. The molecule has 0 heterocycles. The summed E-state index contributed by atoms with van der Waals surface area (Å²) in [5.41, 5.74) is 5.15. The Morgan fingerprint density at radius 3 is 2.24 bits per heavy atom. The van der Waals surface area contributed by atoms with E-state index in [1.54, 1.807) is 0 Å². The van der Waals surface area contributed by atoms with Crippen molar-refractivity contribution in [1.82, 2.24) is 10.2 Å². The van der Waals surface area contributed by atoms with Crippen LogP contribution in [0, 0.1) is 20.8 Å². The molecule has 0 bridgehead atoms. The van der Waals surface area contributed by atoms with E-state index in [0.717, 1.165) is 35.2 Å². The maximum absolute atomic E-state index is 12.9. The number of hydrogen-bond acceptors (Lipinski definition) is 2.